The van der Waals surface area contributed by atoms with Gasteiger partial charge in [-0.1, -0.05) is 19.9 Å². The molecule has 2 rings (SSSR count). The van der Waals surface area contributed by atoms with Crippen LogP contribution in [0.15, 0.2) is 30.6 Å². The van der Waals surface area contributed by atoms with Crippen LogP contribution in [0.25, 0.3) is 5.52 Å². The van der Waals surface area contributed by atoms with Gasteiger partial charge in [0.25, 0.3) is 5.91 Å². The number of rotatable bonds is 1. The van der Waals surface area contributed by atoms with Gasteiger partial charge in [-0.15, -0.1) is 0 Å². The van der Waals surface area contributed by atoms with Crippen LogP contribution in [0.5, 0.6) is 0 Å². The first kappa shape index (κ1) is 11.2. The lowest BCUT2D eigenvalue weighted by Crippen LogP contribution is -2.20. The molecule has 1 N–H and O–H groups in total. The fourth-order valence-corrected chi connectivity index (χ4v) is 1.22. The summed E-state index contributed by atoms with van der Waals surface area (Å²) < 4.78 is 1.75. The predicted octanol–water partition coefficient (Wildman–Crippen LogP) is 1.72. The highest BCUT2D eigenvalue weighted by molar-refractivity contribution is 5.91. The minimum absolute atomic E-state index is 0.175. The molecule has 2 aromatic rings. The van der Waals surface area contributed by atoms with Crippen LogP contribution in [-0.2, 0) is 0 Å². The molecule has 0 spiro atoms. The van der Waals surface area contributed by atoms with E-state index in [0.717, 1.165) is 5.52 Å². The number of pyridine rings is 1. The van der Waals surface area contributed by atoms with Crippen molar-refractivity contribution in [2.45, 2.75) is 13.8 Å². The zero-order valence-corrected chi connectivity index (χ0v) is 9.19. The molecule has 80 valence electrons. The smallest absolute Gasteiger partial charge is 0.287 e. The van der Waals surface area contributed by atoms with Gasteiger partial charge in [-0.05, 0) is 12.1 Å². The maximum Gasteiger partial charge on any atom is 0.287 e. The van der Waals surface area contributed by atoms with Crippen molar-refractivity contribution >= 4 is 11.4 Å². The Morgan fingerprint density at radius 2 is 2.13 bits per heavy atom. The largest absolute Gasteiger partial charge is 0.352 e. The predicted molar refractivity (Wildman–Crippen MR) is 59.9 cm³/mol. The highest BCUT2D eigenvalue weighted by Gasteiger charge is 2.09. The molecule has 0 aliphatic carbocycles. The van der Waals surface area contributed by atoms with E-state index in [1.807, 2.05) is 38.2 Å². The van der Waals surface area contributed by atoms with Gasteiger partial charge in [-0.2, -0.15) is 0 Å². The number of imidazole rings is 1. The quantitative estimate of drug-likeness (QED) is 0.770. The third-order valence-corrected chi connectivity index (χ3v) is 1.87. The van der Waals surface area contributed by atoms with Crippen molar-refractivity contribution in [3.8, 4) is 0 Å². The number of amides is 1. The van der Waals surface area contributed by atoms with Gasteiger partial charge in [-0.25, -0.2) is 4.98 Å². The van der Waals surface area contributed by atoms with E-state index in [0.29, 0.717) is 5.82 Å². The molecule has 2 heterocycles. The maximum absolute atomic E-state index is 11.3. The third-order valence-electron chi connectivity index (χ3n) is 1.87. The number of nitrogens with one attached hydrogen (secondary N) is 1. The second-order valence-electron chi connectivity index (χ2n) is 2.66. The highest BCUT2D eigenvalue weighted by atomic mass is 16.2. The Bertz CT molecular complexity index is 448. The van der Waals surface area contributed by atoms with Gasteiger partial charge < -0.3 is 5.32 Å². The Kier molecular flexibility index (Phi) is 3.85. The molecule has 2 aromatic heterocycles. The van der Waals surface area contributed by atoms with Crippen molar-refractivity contribution in [2.75, 3.05) is 7.05 Å². The van der Waals surface area contributed by atoms with Gasteiger partial charge in [0.1, 0.15) is 0 Å². The van der Waals surface area contributed by atoms with Crippen LogP contribution in [-0.4, -0.2) is 22.3 Å². The minimum atomic E-state index is -0.175. The first-order chi connectivity index (χ1) is 7.33. The molecule has 0 aliphatic heterocycles. The number of nitrogens with zero attached hydrogens (tertiary/aromatic N) is 2. The van der Waals surface area contributed by atoms with E-state index in [1.54, 1.807) is 17.6 Å². The zero-order valence-electron chi connectivity index (χ0n) is 9.19. The minimum Gasteiger partial charge on any atom is -0.352 e. The highest BCUT2D eigenvalue weighted by Crippen LogP contribution is 2.05. The second-order valence-corrected chi connectivity index (χ2v) is 2.66. The Morgan fingerprint density at radius 3 is 2.80 bits per heavy atom. The summed E-state index contributed by atoms with van der Waals surface area (Å²) in [4.78, 5) is 15.3. The van der Waals surface area contributed by atoms with Crippen molar-refractivity contribution in [3.63, 3.8) is 0 Å². The summed E-state index contributed by atoms with van der Waals surface area (Å²) >= 11 is 0. The molecule has 0 unspecified atom stereocenters. The number of aromatic nitrogens is 2. The number of carbonyl (C=O) groups excluding carboxylic acids is 1. The summed E-state index contributed by atoms with van der Waals surface area (Å²) in [6, 6.07) is 5.67. The summed E-state index contributed by atoms with van der Waals surface area (Å²) in [7, 11) is 1.59. The average molecular weight is 205 g/mol. The van der Waals surface area contributed by atoms with Crippen molar-refractivity contribution in [1.29, 1.82) is 0 Å². The van der Waals surface area contributed by atoms with Crippen molar-refractivity contribution in [1.82, 2.24) is 14.7 Å². The number of hydrogen-bond donors (Lipinski definition) is 1. The molecule has 0 bridgehead atoms. The van der Waals surface area contributed by atoms with Crippen molar-refractivity contribution in [2.24, 2.45) is 0 Å². The molecule has 0 saturated heterocycles. The van der Waals surface area contributed by atoms with Crippen LogP contribution < -0.4 is 5.32 Å². The Hall–Kier alpha value is -1.84. The van der Waals surface area contributed by atoms with E-state index in [1.165, 1.54) is 0 Å². The summed E-state index contributed by atoms with van der Waals surface area (Å²) in [6.45, 7) is 4.00. The normalized spacial score (nSPS) is 9.27. The molecule has 4 heteroatoms. The molecule has 0 fully saturated rings. The monoisotopic (exact) mass is 205 g/mol. The van der Waals surface area contributed by atoms with E-state index in [-0.39, 0.29) is 5.91 Å². The SMILES string of the molecule is CC.CNC(=O)c1ncc2ccccn12. The lowest BCUT2D eigenvalue weighted by atomic mass is 10.4. The van der Waals surface area contributed by atoms with Crippen LogP contribution in [0.3, 0.4) is 0 Å². The molecular weight excluding hydrogens is 190 g/mol. The van der Waals surface area contributed by atoms with Crippen LogP contribution in [0.4, 0.5) is 0 Å². The maximum atomic E-state index is 11.3. The van der Waals surface area contributed by atoms with Crippen LogP contribution in [0.2, 0.25) is 0 Å². The lowest BCUT2D eigenvalue weighted by Gasteiger charge is -1.97. The fraction of sp³-hybridized carbons (Fsp3) is 0.273. The number of carbonyl (C=O) groups is 1. The van der Waals surface area contributed by atoms with Gasteiger partial charge in [0.05, 0.1) is 11.7 Å². The van der Waals surface area contributed by atoms with Gasteiger partial charge in [0.15, 0.2) is 0 Å². The summed E-state index contributed by atoms with van der Waals surface area (Å²) in [6.07, 6.45) is 3.48. The zero-order chi connectivity index (χ0) is 11.3. The second kappa shape index (κ2) is 5.14. The average Bonchev–Trinajstić information content (AvgIpc) is 2.74. The van der Waals surface area contributed by atoms with Crippen LogP contribution >= 0.6 is 0 Å². The number of hydrogen-bond acceptors (Lipinski definition) is 2. The van der Waals surface area contributed by atoms with E-state index in [4.69, 9.17) is 0 Å². The van der Waals surface area contributed by atoms with Gasteiger partial charge in [0, 0.05) is 13.2 Å². The Morgan fingerprint density at radius 1 is 1.40 bits per heavy atom. The molecule has 0 saturated carbocycles. The first-order valence-corrected chi connectivity index (χ1v) is 4.97. The van der Waals surface area contributed by atoms with E-state index in [2.05, 4.69) is 10.3 Å². The Balaban J connectivity index is 0.000000531. The first-order valence-electron chi connectivity index (χ1n) is 4.97. The third kappa shape index (κ3) is 2.15. The van der Waals surface area contributed by atoms with Gasteiger partial charge in [-0.3, -0.25) is 9.20 Å². The topological polar surface area (TPSA) is 46.4 Å². The van der Waals surface area contributed by atoms with E-state index < -0.39 is 0 Å². The Labute approximate surface area is 88.9 Å². The van der Waals surface area contributed by atoms with Crippen LogP contribution in [0.1, 0.15) is 24.5 Å². The molecule has 1 amide bonds. The molecular formula is C11H15N3O. The molecule has 0 aromatic carbocycles. The van der Waals surface area contributed by atoms with Gasteiger partial charge in [0.2, 0.25) is 5.82 Å². The van der Waals surface area contributed by atoms with E-state index in [9.17, 15) is 4.79 Å². The van der Waals surface area contributed by atoms with Crippen LogP contribution in [0, 0.1) is 0 Å². The van der Waals surface area contributed by atoms with Gasteiger partial charge >= 0.3 is 0 Å². The number of fused-ring (bicyclic) bond motifs is 1. The molecule has 15 heavy (non-hydrogen) atoms. The lowest BCUT2D eigenvalue weighted by molar-refractivity contribution is 0.0952. The molecule has 0 radical (unpaired) electrons. The van der Waals surface area contributed by atoms with Crippen molar-refractivity contribution in [3.05, 3.63) is 36.4 Å². The van der Waals surface area contributed by atoms with Crippen molar-refractivity contribution < 1.29 is 4.79 Å². The molecule has 4 nitrogen and oxygen atoms in total. The van der Waals surface area contributed by atoms with E-state index >= 15 is 0 Å². The summed E-state index contributed by atoms with van der Waals surface area (Å²) in [5.74, 6) is 0.240. The summed E-state index contributed by atoms with van der Waals surface area (Å²) in [5, 5.41) is 2.54. The molecule has 0 aliphatic rings. The standard InChI is InChI=1S/C9H9N3O.C2H6/c1-10-9(13)8-11-6-7-4-2-3-5-12(7)8;1-2/h2-6H,1H3,(H,10,13);1-2H3. The fourth-order valence-electron chi connectivity index (χ4n) is 1.22. The molecule has 0 atom stereocenters. The summed E-state index contributed by atoms with van der Waals surface area (Å²) in [5.41, 5.74) is 0.918.